The van der Waals surface area contributed by atoms with Crippen molar-refractivity contribution in [1.82, 2.24) is 29.8 Å². The van der Waals surface area contributed by atoms with E-state index < -0.39 is 0 Å². The van der Waals surface area contributed by atoms with Gasteiger partial charge in [-0.25, -0.2) is 15.0 Å². The van der Waals surface area contributed by atoms with Crippen LogP contribution in [-0.4, -0.2) is 31.0 Å². The SMILES string of the molecule is C1=CCNC=C1.CCC1C=c2ccc3c(c2CC1)CC=c1cc(-c2ncc4ncn(Cc5ccc6ncccc6c5)c4n2)ccc1=3. The number of fused-ring (bicyclic) bond motifs is 6. The fourth-order valence-corrected chi connectivity index (χ4v) is 6.90. The molecular formula is C40H36N6. The lowest BCUT2D eigenvalue weighted by atomic mass is 9.84. The van der Waals surface area contributed by atoms with Crippen LogP contribution in [0.15, 0.2) is 104 Å². The quantitative estimate of drug-likeness (QED) is 0.264. The molecule has 3 aromatic carbocycles. The number of pyridine rings is 1. The maximum Gasteiger partial charge on any atom is 0.164 e. The van der Waals surface area contributed by atoms with Gasteiger partial charge in [0.1, 0.15) is 5.52 Å². The van der Waals surface area contributed by atoms with Gasteiger partial charge >= 0.3 is 0 Å². The topological polar surface area (TPSA) is 68.5 Å². The Labute approximate surface area is 267 Å². The van der Waals surface area contributed by atoms with Crippen LogP contribution in [0.3, 0.4) is 0 Å². The standard InChI is InChI=1S/C35H29N5.C5H7N/c1-2-22-5-10-28-24(16-22)7-12-31-29-11-9-27(18-25(29)8-13-30(28)31)34-37-19-33-35(39-34)40(21-38-33)20-23-6-14-32-26(17-23)4-3-15-36-32;1-2-4-6-5-3-1/h3-4,6-9,11-12,14-19,21-22H,2,5,10,13,20H2,1H3;1-4,6H,5H2. The molecule has 1 atom stereocenters. The van der Waals surface area contributed by atoms with Gasteiger partial charge in [-0.2, -0.15) is 0 Å². The van der Waals surface area contributed by atoms with Crippen molar-refractivity contribution in [2.24, 2.45) is 5.92 Å². The molecular weight excluding hydrogens is 564 g/mol. The van der Waals surface area contributed by atoms with E-state index in [1.807, 2.05) is 43.1 Å². The van der Waals surface area contributed by atoms with E-state index in [4.69, 9.17) is 9.97 Å². The first kappa shape index (κ1) is 28.1. The number of nitrogens with one attached hydrogen (secondary N) is 1. The van der Waals surface area contributed by atoms with Crippen molar-refractivity contribution < 1.29 is 0 Å². The lowest BCUT2D eigenvalue weighted by molar-refractivity contribution is 0.585. The third-order valence-corrected chi connectivity index (χ3v) is 9.37. The fraction of sp³-hybridized carbons (Fsp3) is 0.200. The third-order valence-electron chi connectivity index (χ3n) is 9.37. The van der Waals surface area contributed by atoms with Crippen molar-refractivity contribution >= 4 is 34.2 Å². The Kier molecular flexibility index (Phi) is 7.46. The van der Waals surface area contributed by atoms with Gasteiger partial charge < -0.3 is 9.88 Å². The number of rotatable bonds is 4. The van der Waals surface area contributed by atoms with E-state index in [1.54, 1.807) is 5.56 Å². The van der Waals surface area contributed by atoms with Crippen LogP contribution in [0, 0.1) is 16.4 Å². The molecule has 1 N–H and O–H groups in total. The Morgan fingerprint density at radius 1 is 0.891 bits per heavy atom. The molecule has 0 bridgehead atoms. The summed E-state index contributed by atoms with van der Waals surface area (Å²) in [5.41, 5.74) is 7.93. The summed E-state index contributed by atoms with van der Waals surface area (Å²) in [6.07, 6.45) is 23.1. The van der Waals surface area contributed by atoms with Gasteiger partial charge in [0.25, 0.3) is 0 Å². The van der Waals surface area contributed by atoms with Crippen LogP contribution in [0.2, 0.25) is 0 Å². The summed E-state index contributed by atoms with van der Waals surface area (Å²) in [6.45, 7) is 3.97. The van der Waals surface area contributed by atoms with Crippen molar-refractivity contribution in [1.29, 1.82) is 0 Å². The summed E-state index contributed by atoms with van der Waals surface area (Å²) in [5, 5.41) is 9.55. The fourth-order valence-electron chi connectivity index (χ4n) is 6.90. The summed E-state index contributed by atoms with van der Waals surface area (Å²) in [6, 6.07) is 21.8. The average Bonchev–Trinajstić information content (AvgIpc) is 3.53. The van der Waals surface area contributed by atoms with Gasteiger partial charge in [0, 0.05) is 23.7 Å². The highest BCUT2D eigenvalue weighted by molar-refractivity contribution is 5.79. The highest BCUT2D eigenvalue weighted by atomic mass is 15.1. The molecule has 9 rings (SSSR count). The Hall–Kier alpha value is -5.36. The van der Waals surface area contributed by atoms with E-state index in [1.165, 1.54) is 51.3 Å². The number of aromatic nitrogens is 5. The largest absolute Gasteiger partial charge is 0.387 e. The molecule has 3 aromatic heterocycles. The number of imidazole rings is 1. The summed E-state index contributed by atoms with van der Waals surface area (Å²) in [5.74, 6) is 1.44. The number of nitrogens with zero attached hydrogens (tertiary/aromatic N) is 5. The van der Waals surface area contributed by atoms with Crippen LogP contribution in [0.5, 0.6) is 0 Å². The van der Waals surface area contributed by atoms with Crippen molar-refractivity contribution in [2.45, 2.75) is 39.2 Å². The summed E-state index contributed by atoms with van der Waals surface area (Å²) < 4.78 is 2.10. The molecule has 2 aliphatic carbocycles. The first-order valence-corrected chi connectivity index (χ1v) is 16.3. The van der Waals surface area contributed by atoms with E-state index in [0.29, 0.717) is 12.5 Å². The second-order valence-electron chi connectivity index (χ2n) is 12.2. The Bertz CT molecular complexity index is 2370. The maximum absolute atomic E-state index is 4.99. The monoisotopic (exact) mass is 600 g/mol. The number of hydrogen-bond acceptors (Lipinski definition) is 5. The molecule has 3 aliphatic rings. The van der Waals surface area contributed by atoms with Crippen LogP contribution in [0.4, 0.5) is 0 Å². The number of benzene rings is 3. The number of dihydropyridines is 1. The Morgan fingerprint density at radius 2 is 1.85 bits per heavy atom. The minimum absolute atomic E-state index is 0.688. The lowest BCUT2D eigenvalue weighted by Gasteiger charge is -2.21. The molecule has 0 radical (unpaired) electrons. The third kappa shape index (κ3) is 5.40. The highest BCUT2D eigenvalue weighted by Gasteiger charge is 2.16. The van der Waals surface area contributed by atoms with Crippen molar-refractivity contribution in [2.75, 3.05) is 6.54 Å². The zero-order chi connectivity index (χ0) is 30.9. The molecule has 6 heteroatoms. The van der Waals surface area contributed by atoms with Crippen LogP contribution < -0.4 is 15.8 Å². The average molecular weight is 601 g/mol. The molecule has 226 valence electrons. The Morgan fingerprint density at radius 3 is 2.70 bits per heavy atom. The van der Waals surface area contributed by atoms with Crippen LogP contribution >= 0.6 is 0 Å². The van der Waals surface area contributed by atoms with Gasteiger partial charge in [-0.1, -0.05) is 67.6 Å². The molecule has 0 spiro atoms. The first-order chi connectivity index (χ1) is 22.7. The van der Waals surface area contributed by atoms with Gasteiger partial charge in [0.15, 0.2) is 11.5 Å². The summed E-state index contributed by atoms with van der Waals surface area (Å²) in [7, 11) is 0. The van der Waals surface area contributed by atoms with E-state index in [-0.39, 0.29) is 0 Å². The summed E-state index contributed by atoms with van der Waals surface area (Å²) >= 11 is 0. The van der Waals surface area contributed by atoms with Crippen molar-refractivity contribution in [3.63, 3.8) is 0 Å². The van der Waals surface area contributed by atoms with E-state index in [2.05, 4.69) is 99.6 Å². The Balaban J connectivity index is 0.000000470. The molecule has 6 nitrogen and oxygen atoms in total. The second-order valence-corrected chi connectivity index (χ2v) is 12.2. The van der Waals surface area contributed by atoms with Gasteiger partial charge in [-0.3, -0.25) is 4.98 Å². The second kappa shape index (κ2) is 12.2. The normalized spacial score (nSPS) is 15.9. The first-order valence-electron chi connectivity index (χ1n) is 16.3. The van der Waals surface area contributed by atoms with Crippen molar-refractivity contribution in [3.05, 3.63) is 141 Å². The van der Waals surface area contributed by atoms with Gasteiger partial charge in [0.2, 0.25) is 0 Å². The zero-order valence-electron chi connectivity index (χ0n) is 26.0. The lowest BCUT2D eigenvalue weighted by Crippen LogP contribution is -2.22. The van der Waals surface area contributed by atoms with Crippen LogP contribution in [0.25, 0.3) is 45.6 Å². The van der Waals surface area contributed by atoms with Crippen LogP contribution in [0.1, 0.15) is 36.5 Å². The van der Waals surface area contributed by atoms with Crippen molar-refractivity contribution in [3.8, 4) is 11.4 Å². The molecule has 6 aromatic rings. The van der Waals surface area contributed by atoms with E-state index >= 15 is 0 Å². The van der Waals surface area contributed by atoms with E-state index in [0.717, 1.165) is 46.4 Å². The smallest absolute Gasteiger partial charge is 0.164 e. The number of hydrogen-bond donors (Lipinski definition) is 1. The molecule has 1 aliphatic heterocycles. The molecule has 46 heavy (non-hydrogen) atoms. The predicted octanol–water partition coefficient (Wildman–Crippen LogP) is 6.13. The van der Waals surface area contributed by atoms with E-state index in [9.17, 15) is 0 Å². The minimum atomic E-state index is 0.688. The molecule has 0 fully saturated rings. The molecule has 0 saturated heterocycles. The minimum Gasteiger partial charge on any atom is -0.387 e. The number of allylic oxidation sites excluding steroid dienone is 2. The van der Waals surface area contributed by atoms with Gasteiger partial charge in [0.05, 0.1) is 24.6 Å². The molecule has 0 saturated carbocycles. The maximum atomic E-state index is 4.99. The zero-order valence-corrected chi connectivity index (χ0v) is 26.0. The molecule has 0 amide bonds. The van der Waals surface area contributed by atoms with Crippen LogP contribution in [-0.2, 0) is 19.4 Å². The highest BCUT2D eigenvalue weighted by Crippen LogP contribution is 2.24. The predicted molar refractivity (Wildman–Crippen MR) is 186 cm³/mol. The molecule has 4 heterocycles. The van der Waals surface area contributed by atoms with Gasteiger partial charge in [-0.05, 0) is 106 Å². The summed E-state index contributed by atoms with van der Waals surface area (Å²) in [4.78, 5) is 18.7. The molecule has 1 unspecified atom stereocenters. The van der Waals surface area contributed by atoms with Gasteiger partial charge in [-0.15, -0.1) is 0 Å².